The first-order chi connectivity index (χ1) is 14.2. The van der Waals surface area contributed by atoms with Gasteiger partial charge in [0.2, 0.25) is 5.91 Å². The van der Waals surface area contributed by atoms with Crippen LogP contribution in [-0.2, 0) is 27.9 Å². The molecule has 0 fully saturated rings. The Morgan fingerprint density at radius 1 is 1.33 bits per heavy atom. The zero-order valence-electron chi connectivity index (χ0n) is 17.2. The first-order valence-corrected chi connectivity index (χ1v) is 10.8. The summed E-state index contributed by atoms with van der Waals surface area (Å²) in [6, 6.07) is 7.05. The molecule has 1 aliphatic rings. The van der Waals surface area contributed by atoms with Gasteiger partial charge in [-0.2, -0.15) is 17.6 Å². The van der Waals surface area contributed by atoms with E-state index in [0.29, 0.717) is 28.1 Å². The molecule has 8 nitrogen and oxygen atoms in total. The first-order valence-electron chi connectivity index (χ1n) is 9.40. The van der Waals surface area contributed by atoms with Gasteiger partial charge in [0.1, 0.15) is 5.75 Å². The maximum absolute atomic E-state index is 13.1. The summed E-state index contributed by atoms with van der Waals surface area (Å²) in [5.74, 6) is -0.527. The number of para-hydroxylation sites is 1. The third-order valence-corrected chi connectivity index (χ3v) is 6.88. The van der Waals surface area contributed by atoms with Gasteiger partial charge in [-0.15, -0.1) is 0 Å². The summed E-state index contributed by atoms with van der Waals surface area (Å²) in [5, 5.41) is 14.1. The highest BCUT2D eigenvalue weighted by molar-refractivity contribution is 7.93. The zero-order valence-corrected chi connectivity index (χ0v) is 18.0. The minimum Gasteiger partial charge on any atom is -0.496 e. The number of carbonyl (C=O) groups excluding carboxylic acids is 1. The molecule has 2 aromatic rings. The van der Waals surface area contributed by atoms with Gasteiger partial charge < -0.3 is 14.7 Å². The molecule has 1 amide bonds. The fourth-order valence-electron chi connectivity index (χ4n) is 3.56. The van der Waals surface area contributed by atoms with Crippen LogP contribution in [0.4, 0.5) is 0 Å². The van der Waals surface area contributed by atoms with Crippen molar-refractivity contribution in [2.45, 2.75) is 32.9 Å². The molecule has 9 heteroatoms. The number of allylic oxidation sites excluding steroid dienone is 2. The van der Waals surface area contributed by atoms with Gasteiger partial charge in [0.15, 0.2) is 0 Å². The van der Waals surface area contributed by atoms with E-state index in [1.54, 1.807) is 43.0 Å². The number of benzene rings is 1. The van der Waals surface area contributed by atoms with E-state index >= 15 is 0 Å². The molecule has 1 aromatic heterocycles. The van der Waals surface area contributed by atoms with E-state index in [2.05, 4.69) is 11.7 Å². The number of amides is 1. The Labute approximate surface area is 176 Å². The van der Waals surface area contributed by atoms with Crippen molar-refractivity contribution >= 4 is 15.9 Å². The van der Waals surface area contributed by atoms with E-state index in [9.17, 15) is 18.3 Å². The average molecular weight is 432 g/mol. The summed E-state index contributed by atoms with van der Waals surface area (Å²) < 4.78 is 31.8. The quantitative estimate of drug-likeness (QED) is 0.674. The minimum absolute atomic E-state index is 0.105. The van der Waals surface area contributed by atoms with E-state index in [0.717, 1.165) is 4.09 Å². The summed E-state index contributed by atoms with van der Waals surface area (Å²) >= 11 is 0. The van der Waals surface area contributed by atoms with Crippen LogP contribution < -0.4 is 4.74 Å². The minimum atomic E-state index is -3.83. The number of hydrogen-bond acceptors (Lipinski definition) is 6. The van der Waals surface area contributed by atoms with Gasteiger partial charge in [0.05, 0.1) is 36.8 Å². The molecule has 30 heavy (non-hydrogen) atoms. The molecule has 0 unspecified atom stereocenters. The zero-order chi connectivity index (χ0) is 22.1. The van der Waals surface area contributed by atoms with Gasteiger partial charge in [-0.1, -0.05) is 30.4 Å². The lowest BCUT2D eigenvalue weighted by Gasteiger charge is -2.23. The van der Waals surface area contributed by atoms with Crippen molar-refractivity contribution in [2.75, 3.05) is 13.7 Å². The highest BCUT2D eigenvalue weighted by Crippen LogP contribution is 2.31. The molecule has 1 aliphatic heterocycles. The Kier molecular flexibility index (Phi) is 6.14. The van der Waals surface area contributed by atoms with Crippen LogP contribution in [0.3, 0.4) is 0 Å². The van der Waals surface area contributed by atoms with Gasteiger partial charge >= 0.3 is 0 Å². The van der Waals surface area contributed by atoms with Gasteiger partial charge in [-0.05, 0) is 26.0 Å². The highest BCUT2D eigenvalue weighted by atomic mass is 32.2. The van der Waals surface area contributed by atoms with Gasteiger partial charge in [-0.3, -0.25) is 4.79 Å². The summed E-state index contributed by atoms with van der Waals surface area (Å²) in [4.78, 5) is 14.7. The summed E-state index contributed by atoms with van der Waals surface area (Å²) in [7, 11) is -2.32. The van der Waals surface area contributed by atoms with E-state index in [1.165, 1.54) is 19.4 Å². The van der Waals surface area contributed by atoms with Crippen LogP contribution in [0.1, 0.15) is 36.6 Å². The Hall–Kier alpha value is -2.91. The lowest BCUT2D eigenvalue weighted by molar-refractivity contribution is -0.134. The Balaban J connectivity index is 1.84. The maximum atomic E-state index is 13.1. The molecular weight excluding hydrogens is 406 g/mol. The van der Waals surface area contributed by atoms with E-state index in [4.69, 9.17) is 4.74 Å². The smallest absolute Gasteiger partial charge is 0.282 e. The molecule has 1 atom stereocenters. The fraction of sp³-hybridized carbons (Fsp3) is 0.333. The van der Waals surface area contributed by atoms with Crippen molar-refractivity contribution < 1.29 is 23.1 Å². The summed E-state index contributed by atoms with van der Waals surface area (Å²) in [6.07, 6.45) is 2.73. The van der Waals surface area contributed by atoms with Crippen LogP contribution in [0.15, 0.2) is 53.6 Å². The number of ether oxygens (including phenoxy) is 1. The van der Waals surface area contributed by atoms with Gasteiger partial charge in [0.25, 0.3) is 10.0 Å². The van der Waals surface area contributed by atoms with Gasteiger partial charge in [-0.25, -0.2) is 0 Å². The number of rotatable bonds is 7. The molecule has 1 aromatic carbocycles. The third kappa shape index (κ3) is 3.78. The Morgan fingerprint density at radius 2 is 2.03 bits per heavy atom. The van der Waals surface area contributed by atoms with Crippen LogP contribution in [-0.4, -0.2) is 47.2 Å². The van der Waals surface area contributed by atoms with E-state index in [1.807, 2.05) is 0 Å². The summed E-state index contributed by atoms with van der Waals surface area (Å²) in [5.41, 5.74) is 2.38. The lowest BCUT2D eigenvalue weighted by Crippen LogP contribution is -2.33. The number of aliphatic hydroxyl groups excluding tert-OH is 1. The monoisotopic (exact) mass is 431 g/mol. The molecule has 0 saturated heterocycles. The fourth-order valence-corrected chi connectivity index (χ4v) is 4.96. The molecule has 0 aliphatic carbocycles. The van der Waals surface area contributed by atoms with Crippen LogP contribution in [0.2, 0.25) is 0 Å². The second-order valence-electron chi connectivity index (χ2n) is 7.22. The number of methoxy groups -OCH3 is 1. The van der Waals surface area contributed by atoms with Crippen molar-refractivity contribution in [3.05, 3.63) is 70.4 Å². The molecule has 2 heterocycles. The second kappa shape index (κ2) is 8.45. The predicted molar refractivity (Wildman–Crippen MR) is 112 cm³/mol. The number of aromatic nitrogens is 2. The molecule has 0 radical (unpaired) electrons. The lowest BCUT2D eigenvalue weighted by atomic mass is 9.97. The number of carbonyl (C=O) groups is 1. The van der Waals surface area contributed by atoms with E-state index in [-0.39, 0.29) is 30.5 Å². The largest absolute Gasteiger partial charge is 0.496 e. The van der Waals surface area contributed by atoms with Crippen LogP contribution >= 0.6 is 0 Å². The number of hydrogen-bond donors (Lipinski definition) is 1. The van der Waals surface area contributed by atoms with Crippen molar-refractivity contribution in [3.8, 4) is 5.75 Å². The van der Waals surface area contributed by atoms with E-state index < -0.39 is 15.9 Å². The average Bonchev–Trinajstić information content (AvgIpc) is 3.28. The molecular formula is C21H25N3O5S. The molecule has 0 saturated carbocycles. The predicted octanol–water partition coefficient (Wildman–Crippen LogP) is 2.17. The van der Waals surface area contributed by atoms with Crippen molar-refractivity contribution in [3.63, 3.8) is 0 Å². The second-order valence-corrected chi connectivity index (χ2v) is 8.98. The molecule has 160 valence electrons. The SMILES string of the molecule is C=CC(=C(C)C)S(=O)(=O)n1cc2c(n1)CN(C(=O)[C@H](CO)c1ccccc1OC)C2. The van der Waals surface area contributed by atoms with Gasteiger partial charge in [0, 0.05) is 23.9 Å². The highest BCUT2D eigenvalue weighted by Gasteiger charge is 2.34. The van der Waals surface area contributed by atoms with Crippen molar-refractivity contribution in [1.29, 1.82) is 0 Å². The van der Waals surface area contributed by atoms with Crippen molar-refractivity contribution in [1.82, 2.24) is 14.1 Å². The van der Waals surface area contributed by atoms with Crippen molar-refractivity contribution in [2.24, 2.45) is 0 Å². The van der Waals surface area contributed by atoms with Crippen LogP contribution in [0.5, 0.6) is 5.75 Å². The Bertz CT molecular complexity index is 1090. The van der Waals surface area contributed by atoms with Crippen LogP contribution in [0.25, 0.3) is 0 Å². The Morgan fingerprint density at radius 3 is 2.60 bits per heavy atom. The maximum Gasteiger partial charge on any atom is 0.282 e. The standard InChI is InChI=1S/C21H25N3O5S/c1-5-20(14(2)3)30(27,28)24-11-15-10-23(12-18(15)22-24)21(26)17(13-25)16-8-6-7-9-19(16)29-4/h5-9,11,17,25H,1,10,12-13H2,2-4H3/t17-/m1/s1. The summed E-state index contributed by atoms with van der Waals surface area (Å²) in [6.45, 7) is 6.98. The third-order valence-electron chi connectivity index (χ3n) is 5.07. The topological polar surface area (TPSA) is 102 Å². The normalized spacial score (nSPS) is 14.2. The number of nitrogens with zero attached hydrogens (tertiary/aromatic N) is 3. The number of aliphatic hydroxyl groups is 1. The molecule has 0 spiro atoms. The molecule has 1 N–H and O–H groups in total. The molecule has 3 rings (SSSR count). The molecule has 0 bridgehead atoms. The van der Waals surface area contributed by atoms with Crippen LogP contribution in [0, 0.1) is 0 Å². The number of fused-ring (bicyclic) bond motifs is 1. The first kappa shape index (κ1) is 21.8.